The Bertz CT molecular complexity index is 4550. The zero-order chi connectivity index (χ0) is 64.8. The maximum Gasteiger partial charge on any atom is 0.536 e. The minimum absolute atomic E-state index is 0.117. The first-order valence-electron chi connectivity index (χ1n) is 34.1. The van der Waals surface area contributed by atoms with E-state index in [1.165, 1.54) is 232 Å². The van der Waals surface area contributed by atoms with Crippen molar-refractivity contribution in [3.05, 3.63) is 263 Å². The summed E-state index contributed by atoms with van der Waals surface area (Å²) in [4.78, 5) is 12.1. The third-order valence-electron chi connectivity index (χ3n) is 19.5. The van der Waals surface area contributed by atoms with Crippen molar-refractivity contribution < 1.29 is 0 Å². The van der Waals surface area contributed by atoms with Gasteiger partial charge in [-0.15, -0.1) is 68.0 Å². The molecule has 2 aliphatic rings. The number of hydrogen-bond donors (Lipinski definition) is 0. The maximum atomic E-state index is 9.82. The summed E-state index contributed by atoms with van der Waals surface area (Å²) >= 11 is 10.6. The molecule has 0 saturated heterocycles. The molecule has 0 fully saturated rings. The van der Waals surface area contributed by atoms with Crippen molar-refractivity contribution in [2.45, 2.75) is 167 Å². The molecule has 13 rings (SSSR count). The number of nitriles is 2. The van der Waals surface area contributed by atoms with Gasteiger partial charge in [-0.05, 0) is 179 Å². The molecule has 0 radical (unpaired) electrons. The Kier molecular flexibility index (Phi) is 20.1. The SMILES string of the molecule is [C-]#[N+]C([N+]#[C-])=c1cc/c(=C\c2cc3sc4c(c3s2)C(c2ccc(CCCCCC)cc2)(c2ccc(CCCCCC)cc2)c2cc3c(cc2-4)C(c2ccc(CCCCCC)cc2)(c2ccc(CCCCCC)cc2)c2c-3sc3cc(/C=c4\ccc(=C(C#N)C#N)s4)sc23)s1. The van der Waals surface area contributed by atoms with Crippen LogP contribution in [0.3, 0.4) is 0 Å². The summed E-state index contributed by atoms with van der Waals surface area (Å²) in [5.74, 6) is 0.117. The summed E-state index contributed by atoms with van der Waals surface area (Å²) in [6, 6.07) is 61.7. The van der Waals surface area contributed by atoms with Crippen molar-refractivity contribution in [2.24, 2.45) is 0 Å². The number of fused-ring (bicyclic) bond motifs is 10. The van der Waals surface area contributed by atoms with Crippen LogP contribution in [0.1, 0.15) is 207 Å². The second kappa shape index (κ2) is 29.1. The topological polar surface area (TPSA) is 56.3 Å². The van der Waals surface area contributed by atoms with Gasteiger partial charge in [-0.25, -0.2) is 0 Å². The molecule has 94 heavy (non-hydrogen) atoms. The van der Waals surface area contributed by atoms with E-state index < -0.39 is 10.8 Å². The van der Waals surface area contributed by atoms with Crippen LogP contribution in [0.25, 0.3) is 72.9 Å². The summed E-state index contributed by atoms with van der Waals surface area (Å²) in [5.41, 5.74) is 17.5. The zero-order valence-corrected chi connectivity index (χ0v) is 59.3. The Morgan fingerprint density at radius 3 is 1.07 bits per heavy atom. The Morgan fingerprint density at radius 1 is 0.404 bits per heavy atom. The predicted octanol–water partition coefficient (Wildman–Crippen LogP) is 22.3. The summed E-state index contributed by atoms with van der Waals surface area (Å²) in [6.07, 6.45) is 28.3. The van der Waals surface area contributed by atoms with Crippen LogP contribution in [0.2, 0.25) is 0 Å². The fourth-order valence-electron chi connectivity index (χ4n) is 14.8. The second-order valence-electron chi connectivity index (χ2n) is 25.6. The molecule has 0 atom stereocenters. The number of aryl methyl sites for hydroxylation is 4. The normalized spacial score (nSPS) is 13.6. The second-order valence-corrected chi connectivity index (χ2v) is 32.1. The monoisotopic (exact) mass is 1330 g/mol. The van der Waals surface area contributed by atoms with Crippen LogP contribution >= 0.6 is 68.0 Å². The Labute approximate surface area is 579 Å². The number of hydrogen-bond acceptors (Lipinski definition) is 8. The van der Waals surface area contributed by atoms with E-state index in [0.29, 0.717) is 9.06 Å². The summed E-state index contributed by atoms with van der Waals surface area (Å²) in [7, 11) is 0. The molecule has 6 aromatic heterocycles. The van der Waals surface area contributed by atoms with Crippen molar-refractivity contribution in [2.75, 3.05) is 0 Å². The van der Waals surface area contributed by atoms with Crippen LogP contribution in [-0.4, -0.2) is 0 Å². The third-order valence-corrected chi connectivity index (χ3v) is 26.4. The van der Waals surface area contributed by atoms with E-state index in [1.54, 1.807) is 0 Å². The third kappa shape index (κ3) is 12.3. The summed E-state index contributed by atoms with van der Waals surface area (Å²) in [5, 5.41) is 19.6. The first-order chi connectivity index (χ1) is 46.2. The fraction of sp³-hybridized carbons (Fsp3) is 0.310. The average molecular weight is 1340 g/mol. The van der Waals surface area contributed by atoms with Crippen LogP contribution in [0.15, 0.2) is 146 Å². The van der Waals surface area contributed by atoms with E-state index >= 15 is 0 Å². The molecule has 11 aromatic rings. The molecule has 0 aliphatic heterocycles. The van der Waals surface area contributed by atoms with Gasteiger partial charge in [-0.1, -0.05) is 202 Å². The molecule has 0 saturated carbocycles. The first-order valence-corrected chi connectivity index (χ1v) is 39.0. The quantitative estimate of drug-likeness (QED) is 0.0401. The van der Waals surface area contributed by atoms with Crippen LogP contribution in [-0.2, 0) is 36.5 Å². The average Bonchev–Trinajstić information content (AvgIpc) is 1.49. The number of benzene rings is 5. The molecule has 0 bridgehead atoms. The van der Waals surface area contributed by atoms with Gasteiger partial charge in [0.15, 0.2) is 0 Å². The van der Waals surface area contributed by atoms with Crippen LogP contribution < -0.4 is 18.1 Å². The Morgan fingerprint density at radius 2 is 0.745 bits per heavy atom. The number of thiophene rings is 6. The van der Waals surface area contributed by atoms with E-state index in [9.17, 15) is 10.5 Å². The molecule has 470 valence electrons. The summed E-state index contributed by atoms with van der Waals surface area (Å²) < 4.78 is 8.61. The molecule has 2 aliphatic carbocycles. The van der Waals surface area contributed by atoms with Gasteiger partial charge in [0, 0.05) is 49.1 Å². The number of rotatable bonds is 26. The van der Waals surface area contributed by atoms with Gasteiger partial charge in [0.1, 0.15) is 35.4 Å². The van der Waals surface area contributed by atoms with Crippen molar-refractivity contribution in [3.63, 3.8) is 0 Å². The molecule has 4 nitrogen and oxygen atoms in total. The van der Waals surface area contributed by atoms with E-state index in [4.69, 9.17) is 13.1 Å². The molecule has 5 aromatic carbocycles. The van der Waals surface area contributed by atoms with Gasteiger partial charge >= 0.3 is 5.82 Å². The molecular formula is C84H78N4S6. The highest BCUT2D eigenvalue weighted by molar-refractivity contribution is 7.31. The Balaban J connectivity index is 1.10. The van der Waals surface area contributed by atoms with Gasteiger partial charge in [0.05, 0.1) is 24.8 Å². The van der Waals surface area contributed by atoms with Crippen molar-refractivity contribution in [3.8, 4) is 33.0 Å². The smallest absolute Gasteiger partial charge is 0.192 e. The number of unbranched alkanes of at least 4 members (excludes halogenated alkanes) is 12. The highest BCUT2D eigenvalue weighted by Gasteiger charge is 2.54. The lowest BCUT2D eigenvalue weighted by molar-refractivity contribution is 0.666. The van der Waals surface area contributed by atoms with Crippen molar-refractivity contribution >= 4 is 110 Å². The summed E-state index contributed by atoms with van der Waals surface area (Å²) in [6.45, 7) is 24.6. The Hall–Kier alpha value is -7.74. The molecular weight excluding hydrogens is 1260 g/mol. The lowest BCUT2D eigenvalue weighted by Crippen LogP contribution is -2.30. The van der Waals surface area contributed by atoms with Gasteiger partial charge in [-0.2, -0.15) is 20.2 Å². The predicted molar refractivity (Wildman–Crippen MR) is 404 cm³/mol. The van der Waals surface area contributed by atoms with Gasteiger partial charge < -0.3 is 0 Å². The van der Waals surface area contributed by atoms with Crippen molar-refractivity contribution in [1.82, 2.24) is 0 Å². The first kappa shape index (κ1) is 64.9. The van der Waals surface area contributed by atoms with Crippen LogP contribution in [0.4, 0.5) is 0 Å². The molecule has 10 heteroatoms. The lowest BCUT2D eigenvalue weighted by Gasteiger charge is -2.36. The molecule has 0 spiro atoms. The fourth-order valence-corrected chi connectivity index (χ4v) is 22.2. The number of nitrogens with zero attached hydrogens (tertiary/aromatic N) is 4. The zero-order valence-electron chi connectivity index (χ0n) is 54.4. The van der Waals surface area contributed by atoms with Crippen LogP contribution in [0, 0.1) is 35.8 Å². The largest absolute Gasteiger partial charge is 0.536 e. The maximum absolute atomic E-state index is 9.82. The van der Waals surface area contributed by atoms with E-state index in [-0.39, 0.29) is 11.4 Å². The molecule has 0 N–H and O–H groups in total. The van der Waals surface area contributed by atoms with Gasteiger partial charge in [0.2, 0.25) is 0 Å². The van der Waals surface area contributed by atoms with E-state index in [0.717, 1.165) is 44.5 Å². The van der Waals surface area contributed by atoms with Gasteiger partial charge in [-0.3, -0.25) is 0 Å². The highest BCUT2D eigenvalue weighted by Crippen LogP contribution is 2.68. The molecule has 0 amide bonds. The standard InChI is InChI=1S/C84H78N4S6/c1-7-11-15-19-23-55-27-35-60(36-28-55)83(61-37-29-56(30-38-61)24-20-16-12-8-2)70-52-69-71(51-68(70)78-76(83)80-74(93-78)49-66(91-80)47-64-43-45-72(89-64)59(53-85)54-86)84(62-39-31-57(32-40-62)25-21-17-13-9-3,63-41-33-58(34-42-63)26-22-18-14-10-4)77-79(69)94-75-50-67(92-81(75)77)48-65-44-46-73(90-65)82(87-5)88-6/h27-52H,7-26H2,1-4H3/b64-47+,65-48+. The van der Waals surface area contributed by atoms with E-state index in [2.05, 4.69) is 189 Å². The minimum Gasteiger partial charge on any atom is -0.192 e. The van der Waals surface area contributed by atoms with Crippen LogP contribution in [0.5, 0.6) is 0 Å². The van der Waals surface area contributed by atoms with E-state index in [1.807, 2.05) is 63.5 Å². The minimum atomic E-state index is -0.681. The van der Waals surface area contributed by atoms with Crippen molar-refractivity contribution in [1.29, 1.82) is 10.5 Å². The van der Waals surface area contributed by atoms with Gasteiger partial charge in [0.25, 0.3) is 0 Å². The lowest BCUT2D eigenvalue weighted by atomic mass is 9.65. The molecule has 6 heterocycles. The highest BCUT2D eigenvalue weighted by atomic mass is 32.1. The molecule has 0 unspecified atom stereocenters.